The number of rotatable bonds is 7. The molecular weight excluding hydrogens is 432 g/mol. The lowest BCUT2D eigenvalue weighted by Gasteiger charge is -2.37. The van der Waals surface area contributed by atoms with Gasteiger partial charge in [0.2, 0.25) is 5.91 Å². The van der Waals surface area contributed by atoms with Gasteiger partial charge < -0.3 is 24.5 Å². The molecule has 0 radical (unpaired) electrons. The van der Waals surface area contributed by atoms with E-state index in [-0.39, 0.29) is 12.5 Å². The van der Waals surface area contributed by atoms with E-state index in [4.69, 9.17) is 9.84 Å². The van der Waals surface area contributed by atoms with Gasteiger partial charge in [-0.25, -0.2) is 0 Å². The first-order chi connectivity index (χ1) is 16.6. The van der Waals surface area contributed by atoms with Gasteiger partial charge in [0, 0.05) is 64.5 Å². The highest BCUT2D eigenvalue weighted by atomic mass is 16.5. The van der Waals surface area contributed by atoms with Crippen molar-refractivity contribution in [1.29, 1.82) is 0 Å². The van der Waals surface area contributed by atoms with Crippen molar-refractivity contribution in [2.24, 2.45) is 0 Å². The van der Waals surface area contributed by atoms with E-state index in [9.17, 15) is 4.79 Å². The monoisotopic (exact) mass is 466 g/mol. The summed E-state index contributed by atoms with van der Waals surface area (Å²) in [5.41, 5.74) is 0.598. The topological polar surface area (TPSA) is 85.3 Å². The van der Waals surface area contributed by atoms with Crippen LogP contribution in [0.1, 0.15) is 18.4 Å². The lowest BCUT2D eigenvalue weighted by Crippen LogP contribution is -2.52. The van der Waals surface area contributed by atoms with Crippen LogP contribution < -0.4 is 14.5 Å². The van der Waals surface area contributed by atoms with Gasteiger partial charge in [-0.15, -0.1) is 10.2 Å². The average molecular weight is 467 g/mol. The Morgan fingerprint density at radius 1 is 0.912 bits per heavy atom. The molecule has 1 amide bonds. The van der Waals surface area contributed by atoms with Crippen molar-refractivity contribution < 1.29 is 14.6 Å². The Morgan fingerprint density at radius 3 is 2.03 bits per heavy atom. The maximum Gasteiger partial charge on any atom is 0.233 e. The number of nitrogens with zero attached hydrogens (tertiary/aromatic N) is 6. The van der Waals surface area contributed by atoms with Gasteiger partial charge in [0.15, 0.2) is 11.6 Å². The molecule has 1 aliphatic carbocycles. The standard InChI is InChI=1S/C25H34N6O3/c1-34-21-5-3-2-4-20(21)25(8-9-25)24(33)31-16-14-30(15-17-31)23-7-6-22(26-27-23)29-12-10-28(11-13-29)18-19-32/h2-7,32H,8-19H2,1H3. The summed E-state index contributed by atoms with van der Waals surface area (Å²) >= 11 is 0. The molecule has 3 aliphatic rings. The first kappa shape index (κ1) is 22.9. The zero-order valence-corrected chi connectivity index (χ0v) is 19.9. The largest absolute Gasteiger partial charge is 0.496 e. The molecule has 1 saturated carbocycles. The Hall–Kier alpha value is -2.91. The van der Waals surface area contributed by atoms with E-state index in [1.807, 2.05) is 41.3 Å². The maximum atomic E-state index is 13.5. The molecule has 3 heterocycles. The summed E-state index contributed by atoms with van der Waals surface area (Å²) in [5.74, 6) is 2.78. The molecule has 0 unspecified atom stereocenters. The first-order valence-electron chi connectivity index (χ1n) is 12.2. The van der Waals surface area contributed by atoms with Gasteiger partial charge >= 0.3 is 0 Å². The fourth-order valence-electron chi connectivity index (χ4n) is 5.20. The number of piperazine rings is 2. The van der Waals surface area contributed by atoms with Crippen molar-refractivity contribution in [2.75, 3.05) is 82.4 Å². The van der Waals surface area contributed by atoms with Gasteiger partial charge in [0.1, 0.15) is 5.75 Å². The van der Waals surface area contributed by atoms with Crippen molar-refractivity contribution in [1.82, 2.24) is 20.0 Å². The number of para-hydroxylation sites is 1. The molecule has 3 fully saturated rings. The van der Waals surface area contributed by atoms with E-state index in [0.717, 1.165) is 81.6 Å². The van der Waals surface area contributed by atoms with Crippen LogP contribution in [0, 0.1) is 0 Å². The van der Waals surface area contributed by atoms with E-state index < -0.39 is 5.41 Å². The maximum absolute atomic E-state index is 13.5. The molecule has 1 N–H and O–H groups in total. The number of amides is 1. The number of ether oxygens (including phenoxy) is 1. The number of anilines is 2. The summed E-state index contributed by atoms with van der Waals surface area (Å²) in [5, 5.41) is 18.1. The predicted molar refractivity (Wildman–Crippen MR) is 130 cm³/mol. The van der Waals surface area contributed by atoms with Crippen molar-refractivity contribution in [3.63, 3.8) is 0 Å². The van der Waals surface area contributed by atoms with Crippen LogP contribution in [0.2, 0.25) is 0 Å². The third-order valence-electron chi connectivity index (χ3n) is 7.42. The minimum atomic E-state index is -0.419. The Balaban J connectivity index is 1.17. The Morgan fingerprint density at radius 2 is 1.50 bits per heavy atom. The quantitative estimate of drug-likeness (QED) is 0.647. The van der Waals surface area contributed by atoms with Crippen LogP contribution >= 0.6 is 0 Å². The molecule has 9 heteroatoms. The highest BCUT2D eigenvalue weighted by Crippen LogP contribution is 2.52. The van der Waals surface area contributed by atoms with Crippen LogP contribution in [-0.4, -0.2) is 104 Å². The van der Waals surface area contributed by atoms with Gasteiger partial charge in [0.05, 0.1) is 19.1 Å². The summed E-state index contributed by atoms with van der Waals surface area (Å²) in [4.78, 5) is 22.2. The number of β-amino-alcohol motifs (C(OH)–C–C–N with tert-alkyl or cyclic N) is 1. The second-order valence-electron chi connectivity index (χ2n) is 9.36. The lowest BCUT2D eigenvalue weighted by molar-refractivity contribution is -0.134. The number of aliphatic hydroxyl groups excluding tert-OH is 1. The first-order valence-corrected chi connectivity index (χ1v) is 12.2. The van der Waals surface area contributed by atoms with E-state index in [0.29, 0.717) is 13.1 Å². The van der Waals surface area contributed by atoms with Crippen LogP contribution in [0.5, 0.6) is 5.75 Å². The Kier molecular flexibility index (Phi) is 6.56. The molecule has 5 rings (SSSR count). The molecule has 2 aliphatic heterocycles. The SMILES string of the molecule is COc1ccccc1C1(C(=O)N2CCN(c3ccc(N4CCN(CCO)CC4)nn3)CC2)CC1. The molecule has 2 saturated heterocycles. The summed E-state index contributed by atoms with van der Waals surface area (Å²) < 4.78 is 5.54. The third kappa shape index (κ3) is 4.42. The fraction of sp³-hybridized carbons (Fsp3) is 0.560. The number of hydrogen-bond donors (Lipinski definition) is 1. The third-order valence-corrected chi connectivity index (χ3v) is 7.42. The number of carbonyl (C=O) groups excluding carboxylic acids is 1. The van der Waals surface area contributed by atoms with Crippen molar-refractivity contribution in [3.05, 3.63) is 42.0 Å². The van der Waals surface area contributed by atoms with Crippen LogP contribution in [0.25, 0.3) is 0 Å². The van der Waals surface area contributed by atoms with Crippen LogP contribution in [0.4, 0.5) is 11.6 Å². The highest BCUT2D eigenvalue weighted by molar-refractivity contribution is 5.92. The van der Waals surface area contributed by atoms with E-state index in [2.05, 4.69) is 24.9 Å². The number of aliphatic hydroxyl groups is 1. The van der Waals surface area contributed by atoms with Crippen LogP contribution in [0.3, 0.4) is 0 Å². The Bertz CT molecular complexity index is 980. The van der Waals surface area contributed by atoms with Gasteiger partial charge in [0.25, 0.3) is 0 Å². The van der Waals surface area contributed by atoms with Crippen molar-refractivity contribution in [2.45, 2.75) is 18.3 Å². The van der Waals surface area contributed by atoms with Gasteiger partial charge in [-0.3, -0.25) is 9.69 Å². The van der Waals surface area contributed by atoms with Crippen LogP contribution in [-0.2, 0) is 10.2 Å². The summed E-state index contributed by atoms with van der Waals surface area (Å²) in [7, 11) is 1.67. The molecule has 9 nitrogen and oxygen atoms in total. The number of hydrogen-bond acceptors (Lipinski definition) is 8. The second-order valence-corrected chi connectivity index (χ2v) is 9.36. The summed E-state index contributed by atoms with van der Waals surface area (Å²) in [6.45, 7) is 7.45. The summed E-state index contributed by atoms with van der Waals surface area (Å²) in [6, 6.07) is 12.0. The highest BCUT2D eigenvalue weighted by Gasteiger charge is 2.54. The minimum Gasteiger partial charge on any atom is -0.496 e. The summed E-state index contributed by atoms with van der Waals surface area (Å²) in [6.07, 6.45) is 1.77. The molecule has 0 bridgehead atoms. The smallest absolute Gasteiger partial charge is 0.233 e. The lowest BCUT2D eigenvalue weighted by atomic mass is 9.93. The van der Waals surface area contributed by atoms with Gasteiger partial charge in [-0.05, 0) is 31.0 Å². The molecule has 34 heavy (non-hydrogen) atoms. The number of methoxy groups -OCH3 is 1. The average Bonchev–Trinajstić information content (AvgIpc) is 3.71. The molecule has 0 spiro atoms. The Labute approximate surface area is 200 Å². The molecule has 1 aromatic carbocycles. The molecule has 2 aromatic rings. The predicted octanol–water partition coefficient (Wildman–Crippen LogP) is 0.980. The zero-order chi connectivity index (χ0) is 23.5. The fourth-order valence-corrected chi connectivity index (χ4v) is 5.20. The minimum absolute atomic E-state index is 0.203. The normalized spacial score (nSPS) is 20.4. The molecular formula is C25H34N6O3. The number of carbonyl (C=O) groups is 1. The molecule has 182 valence electrons. The molecule has 1 aromatic heterocycles. The van der Waals surface area contributed by atoms with E-state index in [1.165, 1.54) is 0 Å². The van der Waals surface area contributed by atoms with Gasteiger partial charge in [-0.2, -0.15) is 0 Å². The molecule has 0 atom stereocenters. The van der Waals surface area contributed by atoms with Crippen molar-refractivity contribution >= 4 is 17.5 Å². The number of benzene rings is 1. The van der Waals surface area contributed by atoms with Gasteiger partial charge in [-0.1, -0.05) is 18.2 Å². The zero-order valence-electron chi connectivity index (χ0n) is 19.9. The van der Waals surface area contributed by atoms with E-state index >= 15 is 0 Å². The number of aromatic nitrogens is 2. The second kappa shape index (κ2) is 9.76. The van der Waals surface area contributed by atoms with Crippen LogP contribution in [0.15, 0.2) is 36.4 Å². The van der Waals surface area contributed by atoms with Crippen molar-refractivity contribution in [3.8, 4) is 5.75 Å². The van der Waals surface area contributed by atoms with E-state index in [1.54, 1.807) is 7.11 Å².